The zero-order valence-corrected chi connectivity index (χ0v) is 13.7. The number of rotatable bonds is 4. The van der Waals surface area contributed by atoms with Gasteiger partial charge in [-0.15, -0.1) is 11.3 Å². The average Bonchev–Trinajstić information content (AvgIpc) is 3.04. The fourth-order valence-corrected chi connectivity index (χ4v) is 5.91. The van der Waals surface area contributed by atoms with Crippen LogP contribution < -0.4 is 5.73 Å². The first kappa shape index (κ1) is 15.0. The summed E-state index contributed by atoms with van der Waals surface area (Å²) in [5, 5.41) is 3.38. The van der Waals surface area contributed by atoms with E-state index in [0.29, 0.717) is 18.7 Å². The van der Waals surface area contributed by atoms with E-state index in [-0.39, 0.29) is 17.8 Å². The highest BCUT2D eigenvalue weighted by atomic mass is 32.2. The molecule has 21 heavy (non-hydrogen) atoms. The van der Waals surface area contributed by atoms with Crippen LogP contribution in [0.5, 0.6) is 0 Å². The molecule has 1 saturated heterocycles. The molecule has 114 valence electrons. The van der Waals surface area contributed by atoms with Crippen molar-refractivity contribution in [1.29, 1.82) is 0 Å². The maximum Gasteiger partial charge on any atom is 0.151 e. The predicted molar refractivity (Wildman–Crippen MR) is 88.4 cm³/mol. The molecule has 0 radical (unpaired) electrons. The topological polar surface area (TPSA) is 63.4 Å². The van der Waals surface area contributed by atoms with Gasteiger partial charge in [-0.25, -0.2) is 8.42 Å². The zero-order chi connectivity index (χ0) is 15.0. The molecule has 0 amide bonds. The molecule has 3 rings (SSSR count). The highest BCUT2D eigenvalue weighted by Crippen LogP contribution is 2.34. The molecular formula is C15H20N2O2S2. The number of likely N-dealkylation sites (N-methyl/N-ethyl adjacent to an activating group) is 1. The smallest absolute Gasteiger partial charge is 0.151 e. The predicted octanol–water partition coefficient (Wildman–Crippen LogP) is 2.02. The molecule has 1 fully saturated rings. The number of benzene rings is 1. The average molecular weight is 324 g/mol. The fourth-order valence-electron chi connectivity index (χ4n) is 3.12. The number of nitrogens with zero attached hydrogens (tertiary/aromatic N) is 1. The Morgan fingerprint density at radius 1 is 1.43 bits per heavy atom. The van der Waals surface area contributed by atoms with Crippen molar-refractivity contribution in [2.75, 3.05) is 25.1 Å². The van der Waals surface area contributed by atoms with Crippen molar-refractivity contribution in [2.24, 2.45) is 5.73 Å². The summed E-state index contributed by atoms with van der Waals surface area (Å²) >= 11 is 1.72. The standard InChI is InChI=1S/C15H20N2O2S2/c1-17(11-6-7-21(18,19)10-11)14(8-16)13-9-20-15-5-3-2-4-12(13)15/h2-5,9,11,14H,6-8,10,16H2,1H3. The third-order valence-corrected chi connectivity index (χ3v) is 7.10. The van der Waals surface area contributed by atoms with Gasteiger partial charge >= 0.3 is 0 Å². The molecule has 1 aromatic heterocycles. The molecule has 2 atom stereocenters. The Bertz CT molecular complexity index is 739. The van der Waals surface area contributed by atoms with Crippen LogP contribution in [-0.4, -0.2) is 44.5 Å². The van der Waals surface area contributed by atoms with Crippen LogP contribution >= 0.6 is 11.3 Å². The Morgan fingerprint density at radius 2 is 2.19 bits per heavy atom. The van der Waals surface area contributed by atoms with Gasteiger partial charge in [0, 0.05) is 23.3 Å². The molecule has 1 aliphatic heterocycles. The number of hydrogen-bond acceptors (Lipinski definition) is 5. The molecule has 2 N–H and O–H groups in total. The number of hydrogen-bond donors (Lipinski definition) is 1. The second kappa shape index (κ2) is 5.68. The van der Waals surface area contributed by atoms with Crippen molar-refractivity contribution < 1.29 is 8.42 Å². The summed E-state index contributed by atoms with van der Waals surface area (Å²) in [5.74, 6) is 0.547. The van der Waals surface area contributed by atoms with Crippen LogP contribution in [-0.2, 0) is 9.84 Å². The third kappa shape index (κ3) is 2.85. The molecular weight excluding hydrogens is 304 g/mol. The normalized spacial score (nSPS) is 22.9. The van der Waals surface area contributed by atoms with Gasteiger partial charge in [0.05, 0.1) is 11.5 Å². The lowest BCUT2D eigenvalue weighted by Crippen LogP contribution is -2.39. The first-order chi connectivity index (χ1) is 10.0. The summed E-state index contributed by atoms with van der Waals surface area (Å²) in [6, 6.07) is 8.43. The minimum atomic E-state index is -2.87. The molecule has 6 heteroatoms. The van der Waals surface area contributed by atoms with E-state index in [1.165, 1.54) is 15.6 Å². The van der Waals surface area contributed by atoms with Gasteiger partial charge in [-0.2, -0.15) is 0 Å². The third-order valence-electron chi connectivity index (χ3n) is 4.37. The summed E-state index contributed by atoms with van der Waals surface area (Å²) < 4.78 is 24.6. The molecule has 0 saturated carbocycles. The van der Waals surface area contributed by atoms with Crippen LogP contribution in [0.2, 0.25) is 0 Å². The number of nitrogens with two attached hydrogens (primary N) is 1. The quantitative estimate of drug-likeness (QED) is 0.934. The summed E-state index contributed by atoms with van der Waals surface area (Å²) in [5.41, 5.74) is 7.22. The first-order valence-corrected chi connectivity index (χ1v) is 9.80. The van der Waals surface area contributed by atoms with Gasteiger partial charge in [0.15, 0.2) is 9.84 Å². The Labute approximate surface area is 129 Å². The summed E-state index contributed by atoms with van der Waals surface area (Å²) in [4.78, 5) is 2.15. The van der Waals surface area contributed by atoms with Gasteiger partial charge in [-0.1, -0.05) is 18.2 Å². The fraction of sp³-hybridized carbons (Fsp3) is 0.467. The van der Waals surface area contributed by atoms with Gasteiger partial charge in [0.1, 0.15) is 0 Å². The molecule has 1 aromatic carbocycles. The molecule has 0 spiro atoms. The van der Waals surface area contributed by atoms with Crippen molar-refractivity contribution in [3.05, 3.63) is 35.2 Å². The van der Waals surface area contributed by atoms with Gasteiger partial charge in [0.25, 0.3) is 0 Å². The monoisotopic (exact) mass is 324 g/mol. The highest BCUT2D eigenvalue weighted by Gasteiger charge is 2.34. The van der Waals surface area contributed by atoms with E-state index in [4.69, 9.17) is 5.73 Å². The minimum absolute atomic E-state index is 0.0689. The Kier molecular flexibility index (Phi) is 4.05. The molecule has 2 heterocycles. The molecule has 4 nitrogen and oxygen atoms in total. The van der Waals surface area contributed by atoms with Crippen LogP contribution in [0.4, 0.5) is 0 Å². The van der Waals surface area contributed by atoms with Gasteiger partial charge < -0.3 is 5.73 Å². The molecule has 1 aliphatic rings. The maximum absolute atomic E-state index is 11.7. The maximum atomic E-state index is 11.7. The van der Waals surface area contributed by atoms with Crippen LogP contribution in [0, 0.1) is 0 Å². The summed E-state index contributed by atoms with van der Waals surface area (Å²) in [6.07, 6.45) is 0.706. The summed E-state index contributed by atoms with van der Waals surface area (Å²) in [6.45, 7) is 0.494. The van der Waals surface area contributed by atoms with Crippen molar-refractivity contribution in [1.82, 2.24) is 4.90 Å². The van der Waals surface area contributed by atoms with E-state index < -0.39 is 9.84 Å². The van der Waals surface area contributed by atoms with Gasteiger partial charge in [-0.05, 0) is 35.9 Å². The van der Waals surface area contributed by atoms with E-state index in [1.54, 1.807) is 11.3 Å². The van der Waals surface area contributed by atoms with Crippen molar-refractivity contribution >= 4 is 31.3 Å². The van der Waals surface area contributed by atoms with Crippen molar-refractivity contribution in [3.63, 3.8) is 0 Å². The van der Waals surface area contributed by atoms with E-state index >= 15 is 0 Å². The van der Waals surface area contributed by atoms with Crippen LogP contribution in [0.1, 0.15) is 18.0 Å². The largest absolute Gasteiger partial charge is 0.329 e. The number of thiophene rings is 1. The van der Waals surface area contributed by atoms with E-state index in [0.717, 1.165) is 0 Å². The molecule has 0 aliphatic carbocycles. The second-order valence-corrected chi connectivity index (χ2v) is 8.80. The number of fused-ring (bicyclic) bond motifs is 1. The molecule has 0 bridgehead atoms. The van der Waals surface area contributed by atoms with Crippen LogP contribution in [0.3, 0.4) is 0 Å². The van der Waals surface area contributed by atoms with Crippen LogP contribution in [0.25, 0.3) is 10.1 Å². The Hall–Kier alpha value is -0.950. The molecule has 2 aromatic rings. The lowest BCUT2D eigenvalue weighted by atomic mass is 10.0. The lowest BCUT2D eigenvalue weighted by Gasteiger charge is -2.31. The van der Waals surface area contributed by atoms with Crippen molar-refractivity contribution in [3.8, 4) is 0 Å². The Balaban J connectivity index is 1.91. The SMILES string of the molecule is CN(C1CCS(=O)(=O)C1)C(CN)c1csc2ccccc12. The van der Waals surface area contributed by atoms with Crippen LogP contribution in [0.15, 0.2) is 29.6 Å². The molecule has 2 unspecified atom stereocenters. The van der Waals surface area contributed by atoms with Gasteiger partial charge in [0.2, 0.25) is 0 Å². The van der Waals surface area contributed by atoms with E-state index in [1.807, 2.05) is 19.2 Å². The minimum Gasteiger partial charge on any atom is -0.329 e. The Morgan fingerprint density at radius 3 is 2.86 bits per heavy atom. The summed E-state index contributed by atoms with van der Waals surface area (Å²) in [7, 11) is -0.878. The van der Waals surface area contributed by atoms with E-state index in [2.05, 4.69) is 22.4 Å². The lowest BCUT2D eigenvalue weighted by molar-refractivity contribution is 0.194. The number of sulfone groups is 1. The second-order valence-electron chi connectivity index (χ2n) is 5.66. The zero-order valence-electron chi connectivity index (χ0n) is 12.0. The first-order valence-electron chi connectivity index (χ1n) is 7.10. The van der Waals surface area contributed by atoms with E-state index in [9.17, 15) is 8.42 Å². The van der Waals surface area contributed by atoms with Gasteiger partial charge in [-0.3, -0.25) is 4.90 Å². The highest BCUT2D eigenvalue weighted by molar-refractivity contribution is 7.91. The van der Waals surface area contributed by atoms with Crippen molar-refractivity contribution in [2.45, 2.75) is 18.5 Å².